The molecule has 1 aliphatic rings. The SMILES string of the molecule is C=CCOC(=O)COc1ccc2c(c1C)O/C(=C\c1sccc1C)C2=O. The number of carbonyl (C=O) groups excluding carboxylic acids is 2. The standard InChI is InChI=1S/C20H18O5S/c1-4-8-23-18(21)11-24-15-6-5-14-19(22)16(25-20(14)13(15)3)10-17-12(2)7-9-26-17/h4-7,9-10H,1,8,11H2,2-3H3/b16-10-. The van der Waals surface area contributed by atoms with Crippen LogP contribution >= 0.6 is 11.3 Å². The van der Waals surface area contributed by atoms with E-state index in [1.54, 1.807) is 36.5 Å². The first-order valence-corrected chi connectivity index (χ1v) is 8.90. The van der Waals surface area contributed by atoms with Crippen LogP contribution in [0.1, 0.15) is 26.4 Å². The summed E-state index contributed by atoms with van der Waals surface area (Å²) in [7, 11) is 0. The molecule has 1 aliphatic heterocycles. The van der Waals surface area contributed by atoms with Crippen molar-refractivity contribution in [2.75, 3.05) is 13.2 Å². The van der Waals surface area contributed by atoms with Crippen molar-refractivity contribution in [3.8, 4) is 11.5 Å². The molecule has 0 amide bonds. The molecule has 2 aromatic rings. The first-order valence-electron chi connectivity index (χ1n) is 8.02. The summed E-state index contributed by atoms with van der Waals surface area (Å²) in [4.78, 5) is 25.1. The molecule has 0 unspecified atom stereocenters. The van der Waals surface area contributed by atoms with Crippen LogP contribution in [0.4, 0.5) is 0 Å². The van der Waals surface area contributed by atoms with E-state index in [-0.39, 0.29) is 24.8 Å². The Morgan fingerprint density at radius 3 is 2.81 bits per heavy atom. The molecule has 0 spiro atoms. The third-order valence-electron chi connectivity index (χ3n) is 3.91. The van der Waals surface area contributed by atoms with Crippen LogP contribution < -0.4 is 9.47 Å². The van der Waals surface area contributed by atoms with Gasteiger partial charge in [0.1, 0.15) is 18.1 Å². The lowest BCUT2D eigenvalue weighted by molar-refractivity contribution is -0.144. The van der Waals surface area contributed by atoms with Gasteiger partial charge in [-0.15, -0.1) is 11.3 Å². The van der Waals surface area contributed by atoms with Crippen molar-refractivity contribution < 1.29 is 23.8 Å². The largest absolute Gasteiger partial charge is 0.481 e. The average molecular weight is 370 g/mol. The number of aryl methyl sites for hydroxylation is 1. The summed E-state index contributed by atoms with van der Waals surface area (Å²) in [5.41, 5.74) is 2.25. The predicted octanol–water partition coefficient (Wildman–Crippen LogP) is 4.09. The van der Waals surface area contributed by atoms with Gasteiger partial charge in [-0.2, -0.15) is 0 Å². The summed E-state index contributed by atoms with van der Waals surface area (Å²) in [6, 6.07) is 5.30. The summed E-state index contributed by atoms with van der Waals surface area (Å²) >= 11 is 1.55. The smallest absolute Gasteiger partial charge is 0.344 e. The van der Waals surface area contributed by atoms with Gasteiger partial charge in [0, 0.05) is 16.5 Å². The van der Waals surface area contributed by atoms with Gasteiger partial charge in [0.2, 0.25) is 5.78 Å². The lowest BCUT2D eigenvalue weighted by Crippen LogP contribution is -2.15. The Bertz CT molecular complexity index is 907. The molecule has 0 aliphatic carbocycles. The molecule has 0 radical (unpaired) electrons. The fraction of sp³-hybridized carbons (Fsp3) is 0.200. The van der Waals surface area contributed by atoms with Gasteiger partial charge in [-0.05, 0) is 43.0 Å². The minimum absolute atomic E-state index is 0.138. The zero-order valence-electron chi connectivity index (χ0n) is 14.5. The third-order valence-corrected chi connectivity index (χ3v) is 4.87. The van der Waals surface area contributed by atoms with E-state index in [1.807, 2.05) is 18.4 Å². The Hall–Kier alpha value is -2.86. The van der Waals surface area contributed by atoms with Crippen molar-refractivity contribution >= 4 is 29.2 Å². The van der Waals surface area contributed by atoms with Gasteiger partial charge >= 0.3 is 5.97 Å². The summed E-state index contributed by atoms with van der Waals surface area (Å²) < 4.78 is 16.2. The van der Waals surface area contributed by atoms with Gasteiger partial charge in [0.25, 0.3) is 0 Å². The molecular weight excluding hydrogens is 352 g/mol. The highest BCUT2D eigenvalue weighted by molar-refractivity contribution is 7.11. The van der Waals surface area contributed by atoms with E-state index < -0.39 is 5.97 Å². The van der Waals surface area contributed by atoms with Crippen LogP contribution in [0.2, 0.25) is 0 Å². The molecule has 0 fully saturated rings. The highest BCUT2D eigenvalue weighted by Gasteiger charge is 2.30. The van der Waals surface area contributed by atoms with Crippen LogP contribution in [0.15, 0.2) is 42.0 Å². The Morgan fingerprint density at radius 1 is 1.31 bits per heavy atom. The van der Waals surface area contributed by atoms with Crippen LogP contribution in [0.25, 0.3) is 6.08 Å². The Kier molecular flexibility index (Phi) is 5.23. The first kappa shape index (κ1) is 17.9. The molecule has 6 heteroatoms. The van der Waals surface area contributed by atoms with Crippen LogP contribution in [0, 0.1) is 13.8 Å². The maximum absolute atomic E-state index is 12.6. The topological polar surface area (TPSA) is 61.8 Å². The Morgan fingerprint density at radius 2 is 2.12 bits per heavy atom. The number of hydrogen-bond acceptors (Lipinski definition) is 6. The van der Waals surface area contributed by atoms with Crippen LogP contribution in [-0.4, -0.2) is 25.0 Å². The number of esters is 1. The van der Waals surface area contributed by atoms with E-state index in [9.17, 15) is 9.59 Å². The molecular formula is C20H18O5S. The van der Waals surface area contributed by atoms with Crippen molar-refractivity contribution in [3.63, 3.8) is 0 Å². The van der Waals surface area contributed by atoms with Gasteiger partial charge in [-0.1, -0.05) is 12.7 Å². The van der Waals surface area contributed by atoms with E-state index in [1.165, 1.54) is 6.08 Å². The minimum atomic E-state index is -0.490. The molecule has 5 nitrogen and oxygen atoms in total. The molecule has 0 bridgehead atoms. The molecule has 1 aromatic heterocycles. The van der Waals surface area contributed by atoms with Crippen molar-refractivity contribution in [1.29, 1.82) is 0 Å². The summed E-state index contributed by atoms with van der Waals surface area (Å²) in [6.45, 7) is 7.17. The highest BCUT2D eigenvalue weighted by Crippen LogP contribution is 2.39. The summed E-state index contributed by atoms with van der Waals surface area (Å²) in [5, 5.41) is 1.97. The van der Waals surface area contributed by atoms with Gasteiger partial charge in [-0.3, -0.25) is 4.79 Å². The molecule has 3 rings (SSSR count). The number of ether oxygens (including phenoxy) is 3. The molecule has 2 heterocycles. The lowest BCUT2D eigenvalue weighted by atomic mass is 10.1. The maximum atomic E-state index is 12.6. The zero-order chi connectivity index (χ0) is 18.7. The van der Waals surface area contributed by atoms with E-state index in [4.69, 9.17) is 14.2 Å². The quantitative estimate of drug-likeness (QED) is 0.435. The van der Waals surface area contributed by atoms with Crippen LogP contribution in [0.3, 0.4) is 0 Å². The molecule has 134 valence electrons. The number of ketones is 1. The minimum Gasteiger partial charge on any atom is -0.481 e. The van der Waals surface area contributed by atoms with Crippen LogP contribution in [-0.2, 0) is 9.53 Å². The fourth-order valence-corrected chi connectivity index (χ4v) is 3.35. The van der Waals surface area contributed by atoms with E-state index in [0.29, 0.717) is 22.6 Å². The average Bonchev–Trinajstić information content (AvgIpc) is 3.17. The number of rotatable bonds is 6. The van der Waals surface area contributed by atoms with Gasteiger partial charge in [-0.25, -0.2) is 4.79 Å². The molecule has 0 saturated heterocycles. The fourth-order valence-electron chi connectivity index (χ4n) is 2.51. The molecule has 0 atom stereocenters. The second-order valence-corrected chi connectivity index (χ2v) is 6.68. The van der Waals surface area contributed by atoms with Crippen molar-refractivity contribution in [3.05, 3.63) is 63.6 Å². The number of thiophene rings is 1. The first-order chi connectivity index (χ1) is 12.5. The number of carbonyl (C=O) groups is 2. The van der Waals surface area contributed by atoms with Gasteiger partial charge in [0.05, 0.1) is 5.56 Å². The third kappa shape index (κ3) is 3.55. The number of allylic oxidation sites excluding steroid dienone is 1. The number of Topliss-reactive ketones (excluding diaryl/α,β-unsaturated/α-hetero) is 1. The predicted molar refractivity (Wildman–Crippen MR) is 99.8 cm³/mol. The van der Waals surface area contributed by atoms with Crippen molar-refractivity contribution in [1.82, 2.24) is 0 Å². The monoisotopic (exact) mass is 370 g/mol. The second kappa shape index (κ2) is 7.58. The van der Waals surface area contributed by atoms with E-state index in [2.05, 4.69) is 6.58 Å². The molecule has 26 heavy (non-hydrogen) atoms. The zero-order valence-corrected chi connectivity index (χ0v) is 15.4. The summed E-state index contributed by atoms with van der Waals surface area (Å²) in [5.74, 6) is 0.577. The van der Waals surface area contributed by atoms with Crippen molar-refractivity contribution in [2.45, 2.75) is 13.8 Å². The van der Waals surface area contributed by atoms with Gasteiger partial charge in [0.15, 0.2) is 12.4 Å². The Labute approximate surface area is 155 Å². The molecule has 0 saturated carbocycles. The number of hydrogen-bond donors (Lipinski definition) is 0. The molecule has 0 N–H and O–H groups in total. The van der Waals surface area contributed by atoms with E-state index >= 15 is 0 Å². The highest BCUT2D eigenvalue weighted by atomic mass is 32.1. The summed E-state index contributed by atoms with van der Waals surface area (Å²) in [6.07, 6.45) is 3.25. The van der Waals surface area contributed by atoms with Crippen molar-refractivity contribution in [2.24, 2.45) is 0 Å². The number of benzene rings is 1. The maximum Gasteiger partial charge on any atom is 0.344 e. The van der Waals surface area contributed by atoms with Crippen LogP contribution in [0.5, 0.6) is 11.5 Å². The van der Waals surface area contributed by atoms with E-state index in [0.717, 1.165) is 10.4 Å². The normalized spacial score (nSPS) is 14.1. The molecule has 1 aromatic carbocycles. The Balaban J connectivity index is 1.79. The lowest BCUT2D eigenvalue weighted by Gasteiger charge is -2.10. The second-order valence-electron chi connectivity index (χ2n) is 5.73. The van der Waals surface area contributed by atoms with Gasteiger partial charge < -0.3 is 14.2 Å². The number of fused-ring (bicyclic) bond motifs is 1.